The van der Waals surface area contributed by atoms with Gasteiger partial charge in [-0.2, -0.15) is 0 Å². The summed E-state index contributed by atoms with van der Waals surface area (Å²) >= 11 is 3.46. The fourth-order valence-corrected chi connectivity index (χ4v) is 4.52. The molecule has 2 unspecified atom stereocenters. The fraction of sp³-hybridized carbons (Fsp3) is 0.261. The van der Waals surface area contributed by atoms with Crippen LogP contribution in [0.3, 0.4) is 0 Å². The Morgan fingerprint density at radius 1 is 1.18 bits per heavy atom. The van der Waals surface area contributed by atoms with Crippen molar-refractivity contribution >= 4 is 38.3 Å². The molecule has 1 aromatic heterocycles. The standard InChI is InChI=1S/C23H20BrFN2O/c24-16-3-1-14(2-4-16)19-12-20(19)23(28)27-9-7-15(8-10-27)21-13-26-22-11-17(25)5-6-18(21)22/h1-7,11,13,19-20,26H,8-10,12H2. The molecule has 1 amide bonds. The monoisotopic (exact) mass is 438 g/mol. The van der Waals surface area contributed by atoms with Gasteiger partial charge in [-0.15, -0.1) is 0 Å². The number of nitrogens with zero attached hydrogens (tertiary/aromatic N) is 1. The highest BCUT2D eigenvalue weighted by Crippen LogP contribution is 2.49. The first-order valence-corrected chi connectivity index (χ1v) is 10.4. The molecular weight excluding hydrogens is 419 g/mol. The normalized spacial score (nSPS) is 21.6. The Hall–Kier alpha value is -2.40. The van der Waals surface area contributed by atoms with Crippen LogP contribution in [0.1, 0.15) is 29.9 Å². The van der Waals surface area contributed by atoms with Gasteiger partial charge >= 0.3 is 0 Å². The van der Waals surface area contributed by atoms with Crippen molar-refractivity contribution in [2.24, 2.45) is 5.92 Å². The van der Waals surface area contributed by atoms with E-state index in [-0.39, 0.29) is 17.6 Å². The van der Waals surface area contributed by atoms with E-state index in [9.17, 15) is 9.18 Å². The highest BCUT2D eigenvalue weighted by molar-refractivity contribution is 9.10. The molecule has 1 saturated carbocycles. The highest BCUT2D eigenvalue weighted by atomic mass is 79.9. The molecule has 0 saturated heterocycles. The molecule has 3 aromatic rings. The summed E-state index contributed by atoms with van der Waals surface area (Å²) in [6.07, 6.45) is 5.86. The van der Waals surface area contributed by atoms with E-state index in [0.717, 1.165) is 40.3 Å². The van der Waals surface area contributed by atoms with Gasteiger partial charge in [-0.25, -0.2) is 4.39 Å². The molecule has 5 rings (SSSR count). The van der Waals surface area contributed by atoms with Crippen LogP contribution < -0.4 is 0 Å². The zero-order valence-corrected chi connectivity index (χ0v) is 16.9. The first kappa shape index (κ1) is 17.7. The maximum atomic E-state index is 13.4. The number of carbonyl (C=O) groups is 1. The number of nitrogens with one attached hydrogen (secondary N) is 1. The number of rotatable bonds is 3. The molecule has 0 bridgehead atoms. The first-order chi connectivity index (χ1) is 13.6. The van der Waals surface area contributed by atoms with Crippen LogP contribution in [-0.2, 0) is 4.79 Å². The lowest BCUT2D eigenvalue weighted by atomic mass is 9.98. The third-order valence-corrected chi connectivity index (χ3v) is 6.45. The largest absolute Gasteiger partial charge is 0.360 e. The molecule has 1 aliphatic carbocycles. The number of amides is 1. The maximum Gasteiger partial charge on any atom is 0.226 e. The Morgan fingerprint density at radius 2 is 2.00 bits per heavy atom. The quantitative estimate of drug-likeness (QED) is 0.576. The van der Waals surface area contributed by atoms with Gasteiger partial charge in [0, 0.05) is 46.1 Å². The lowest BCUT2D eigenvalue weighted by Gasteiger charge is -2.27. The van der Waals surface area contributed by atoms with Gasteiger partial charge < -0.3 is 9.88 Å². The van der Waals surface area contributed by atoms with Crippen LogP contribution in [0.15, 0.2) is 59.2 Å². The molecule has 2 atom stereocenters. The second-order valence-electron chi connectivity index (χ2n) is 7.66. The summed E-state index contributed by atoms with van der Waals surface area (Å²) in [5, 5.41) is 1.03. The summed E-state index contributed by atoms with van der Waals surface area (Å²) in [5.41, 5.74) is 4.40. The van der Waals surface area contributed by atoms with E-state index < -0.39 is 0 Å². The van der Waals surface area contributed by atoms with Crippen molar-refractivity contribution in [2.45, 2.75) is 18.8 Å². The van der Waals surface area contributed by atoms with Crippen molar-refractivity contribution in [3.63, 3.8) is 0 Å². The topological polar surface area (TPSA) is 36.1 Å². The molecule has 3 nitrogen and oxygen atoms in total. The van der Waals surface area contributed by atoms with Crippen molar-refractivity contribution < 1.29 is 9.18 Å². The van der Waals surface area contributed by atoms with Gasteiger partial charge in [0.25, 0.3) is 0 Å². The van der Waals surface area contributed by atoms with Gasteiger partial charge in [0.2, 0.25) is 5.91 Å². The Balaban J connectivity index is 1.28. The van der Waals surface area contributed by atoms with Crippen LogP contribution in [0, 0.1) is 11.7 Å². The van der Waals surface area contributed by atoms with Gasteiger partial charge in [0.1, 0.15) is 5.82 Å². The van der Waals surface area contributed by atoms with Gasteiger partial charge in [-0.1, -0.05) is 34.1 Å². The van der Waals surface area contributed by atoms with Crippen molar-refractivity contribution in [3.05, 3.63) is 76.2 Å². The zero-order chi connectivity index (χ0) is 19.3. The predicted molar refractivity (Wildman–Crippen MR) is 112 cm³/mol. The molecule has 1 N–H and O–H groups in total. The lowest BCUT2D eigenvalue weighted by Crippen LogP contribution is -2.36. The molecule has 5 heteroatoms. The molecule has 0 spiro atoms. The Morgan fingerprint density at radius 3 is 2.75 bits per heavy atom. The molecule has 2 heterocycles. The van der Waals surface area contributed by atoms with Gasteiger partial charge in [0.05, 0.1) is 0 Å². The van der Waals surface area contributed by atoms with Crippen molar-refractivity contribution in [3.8, 4) is 0 Å². The number of hydrogen-bond donors (Lipinski definition) is 1. The number of H-pyrrole nitrogens is 1. The van der Waals surface area contributed by atoms with Crippen LogP contribution in [0.2, 0.25) is 0 Å². The molecule has 1 fully saturated rings. The van der Waals surface area contributed by atoms with Crippen molar-refractivity contribution in [1.82, 2.24) is 9.88 Å². The molecule has 0 radical (unpaired) electrons. The second-order valence-corrected chi connectivity index (χ2v) is 8.57. The summed E-state index contributed by atoms with van der Waals surface area (Å²) < 4.78 is 14.5. The summed E-state index contributed by atoms with van der Waals surface area (Å²) in [5.74, 6) is 0.506. The number of halogens is 2. The number of benzene rings is 2. The highest BCUT2D eigenvalue weighted by Gasteiger charge is 2.45. The molecule has 28 heavy (non-hydrogen) atoms. The number of aromatic amines is 1. The van der Waals surface area contributed by atoms with E-state index in [0.29, 0.717) is 12.5 Å². The van der Waals surface area contributed by atoms with Crippen molar-refractivity contribution in [2.75, 3.05) is 13.1 Å². The fourth-order valence-electron chi connectivity index (χ4n) is 4.26. The number of aromatic nitrogens is 1. The zero-order valence-electron chi connectivity index (χ0n) is 15.3. The molecule has 2 aliphatic rings. The van der Waals surface area contributed by atoms with Crippen LogP contribution in [0.4, 0.5) is 4.39 Å². The summed E-state index contributed by atoms with van der Waals surface area (Å²) in [4.78, 5) is 18.0. The summed E-state index contributed by atoms with van der Waals surface area (Å²) in [7, 11) is 0. The Labute approximate surface area is 171 Å². The number of carbonyl (C=O) groups excluding carboxylic acids is 1. The van der Waals surface area contributed by atoms with E-state index >= 15 is 0 Å². The van der Waals surface area contributed by atoms with Crippen LogP contribution in [0.5, 0.6) is 0 Å². The molecular formula is C23H20BrFN2O. The smallest absolute Gasteiger partial charge is 0.226 e. The minimum absolute atomic E-state index is 0.118. The lowest BCUT2D eigenvalue weighted by molar-refractivity contribution is -0.132. The van der Waals surface area contributed by atoms with E-state index in [1.165, 1.54) is 23.3 Å². The average molecular weight is 439 g/mol. The van der Waals surface area contributed by atoms with E-state index in [1.807, 2.05) is 29.3 Å². The van der Waals surface area contributed by atoms with Gasteiger partial charge in [0.15, 0.2) is 0 Å². The number of fused-ring (bicyclic) bond motifs is 1. The van der Waals surface area contributed by atoms with Crippen molar-refractivity contribution in [1.29, 1.82) is 0 Å². The average Bonchev–Trinajstić information content (AvgIpc) is 3.40. The minimum atomic E-state index is -0.236. The molecule has 1 aliphatic heterocycles. The minimum Gasteiger partial charge on any atom is -0.360 e. The Kier molecular flexibility index (Phi) is 4.35. The van der Waals surface area contributed by atoms with Crippen LogP contribution in [0.25, 0.3) is 16.5 Å². The molecule has 142 valence electrons. The maximum absolute atomic E-state index is 13.4. The van der Waals surface area contributed by atoms with Crippen LogP contribution in [-0.4, -0.2) is 28.9 Å². The van der Waals surface area contributed by atoms with E-state index in [1.54, 1.807) is 0 Å². The third-order valence-electron chi connectivity index (χ3n) is 5.92. The summed E-state index contributed by atoms with van der Waals surface area (Å²) in [6, 6.07) is 13.1. The van der Waals surface area contributed by atoms with Crippen LogP contribution >= 0.6 is 15.9 Å². The van der Waals surface area contributed by atoms with Gasteiger partial charge in [-0.3, -0.25) is 4.79 Å². The third kappa shape index (κ3) is 3.18. The molecule has 2 aromatic carbocycles. The number of hydrogen-bond acceptors (Lipinski definition) is 1. The first-order valence-electron chi connectivity index (χ1n) is 9.60. The Bertz CT molecular complexity index is 1090. The van der Waals surface area contributed by atoms with E-state index in [4.69, 9.17) is 0 Å². The van der Waals surface area contributed by atoms with Gasteiger partial charge in [-0.05, 0) is 60.2 Å². The second kappa shape index (κ2) is 6.89. The SMILES string of the molecule is O=C(C1CC1c1ccc(Br)cc1)N1CC=C(c2c[nH]c3cc(F)ccc23)CC1. The predicted octanol–water partition coefficient (Wildman–Crippen LogP) is 5.49. The van der Waals surface area contributed by atoms with E-state index in [2.05, 4.69) is 39.1 Å². The summed E-state index contributed by atoms with van der Waals surface area (Å²) in [6.45, 7) is 1.38.